The van der Waals surface area contributed by atoms with Crippen molar-refractivity contribution in [1.29, 1.82) is 0 Å². The monoisotopic (exact) mass is 257 g/mol. The maximum Gasteiger partial charge on any atom is 0.0714 e. The molecule has 1 aromatic heterocycles. The van der Waals surface area contributed by atoms with Gasteiger partial charge in [0, 0.05) is 11.8 Å². The number of nitrogens with zero attached hydrogens (tertiary/aromatic N) is 1. The molecule has 1 heterocycles. The van der Waals surface area contributed by atoms with E-state index in [0.717, 1.165) is 18.5 Å². The molecule has 0 unspecified atom stereocenters. The fourth-order valence-corrected chi connectivity index (χ4v) is 2.91. The highest BCUT2D eigenvalue weighted by molar-refractivity contribution is 5.96. The van der Waals surface area contributed by atoms with Crippen LogP contribution in [0.1, 0.15) is 17.5 Å². The highest BCUT2D eigenvalue weighted by Crippen LogP contribution is 2.29. The molecule has 0 amide bonds. The number of aromatic nitrogens is 1. The summed E-state index contributed by atoms with van der Waals surface area (Å²) in [4.78, 5) is 4.68. The topological polar surface area (TPSA) is 12.9 Å². The van der Waals surface area contributed by atoms with Gasteiger partial charge in [0.1, 0.15) is 0 Å². The van der Waals surface area contributed by atoms with E-state index < -0.39 is 0 Å². The molecule has 0 aliphatic heterocycles. The first kappa shape index (κ1) is 11.4. The zero-order valence-electron chi connectivity index (χ0n) is 11.2. The highest BCUT2D eigenvalue weighted by Gasteiger charge is 2.09. The summed E-state index contributed by atoms with van der Waals surface area (Å²) < 4.78 is 0. The van der Waals surface area contributed by atoms with E-state index in [1.54, 1.807) is 0 Å². The van der Waals surface area contributed by atoms with Crippen molar-refractivity contribution in [3.8, 4) is 11.3 Å². The number of fused-ring (bicyclic) bond motifs is 2. The van der Waals surface area contributed by atoms with Crippen LogP contribution in [0, 0.1) is 0 Å². The molecular weight excluding hydrogens is 242 g/mol. The van der Waals surface area contributed by atoms with Gasteiger partial charge < -0.3 is 0 Å². The lowest BCUT2D eigenvalue weighted by Crippen LogP contribution is -1.96. The molecule has 1 aliphatic carbocycles. The van der Waals surface area contributed by atoms with Crippen molar-refractivity contribution < 1.29 is 0 Å². The SMILES string of the molecule is C1=Cc2cc(-c3cccc4ccccc34)ncc2CC1. The van der Waals surface area contributed by atoms with Crippen LogP contribution in [0.4, 0.5) is 0 Å². The molecule has 0 saturated carbocycles. The average Bonchev–Trinajstić information content (AvgIpc) is 2.54. The molecule has 3 aromatic rings. The third kappa shape index (κ3) is 1.83. The summed E-state index contributed by atoms with van der Waals surface area (Å²) in [5.41, 5.74) is 4.95. The van der Waals surface area contributed by atoms with Crippen molar-refractivity contribution in [2.24, 2.45) is 0 Å². The molecule has 0 fully saturated rings. The van der Waals surface area contributed by atoms with E-state index in [2.05, 4.69) is 65.7 Å². The normalized spacial score (nSPS) is 13.4. The van der Waals surface area contributed by atoms with Crippen LogP contribution in [0.5, 0.6) is 0 Å². The molecule has 0 N–H and O–H groups in total. The number of aryl methyl sites for hydroxylation is 1. The second-order valence-corrected chi connectivity index (χ2v) is 5.24. The Kier molecular flexibility index (Phi) is 2.63. The van der Waals surface area contributed by atoms with Gasteiger partial charge in [-0.25, -0.2) is 0 Å². The number of rotatable bonds is 1. The van der Waals surface area contributed by atoms with Gasteiger partial charge in [0.05, 0.1) is 5.69 Å². The van der Waals surface area contributed by atoms with Crippen LogP contribution in [0.3, 0.4) is 0 Å². The van der Waals surface area contributed by atoms with Gasteiger partial charge in [-0.2, -0.15) is 0 Å². The summed E-state index contributed by atoms with van der Waals surface area (Å²) in [6.07, 6.45) is 8.73. The van der Waals surface area contributed by atoms with Crippen molar-refractivity contribution >= 4 is 16.8 Å². The standard InChI is InChI=1S/C19H15N/c1-2-8-16-13-20-19(12-15(16)7-1)18-11-5-9-14-6-3-4-10-17(14)18/h1,3-7,9-13H,2,8H2. The summed E-state index contributed by atoms with van der Waals surface area (Å²) in [7, 11) is 0. The van der Waals surface area contributed by atoms with Crippen LogP contribution >= 0.6 is 0 Å². The van der Waals surface area contributed by atoms with E-state index in [-0.39, 0.29) is 0 Å². The minimum Gasteiger partial charge on any atom is -0.256 e. The van der Waals surface area contributed by atoms with E-state index in [0.29, 0.717) is 0 Å². The van der Waals surface area contributed by atoms with Crippen molar-refractivity contribution in [1.82, 2.24) is 4.98 Å². The molecular formula is C19H15N. The van der Waals surface area contributed by atoms with Crippen LogP contribution in [0.15, 0.2) is 60.8 Å². The third-order valence-electron chi connectivity index (χ3n) is 3.97. The lowest BCUT2D eigenvalue weighted by Gasteiger charge is -2.12. The van der Waals surface area contributed by atoms with Crippen LogP contribution in [-0.4, -0.2) is 4.98 Å². The zero-order chi connectivity index (χ0) is 13.4. The zero-order valence-corrected chi connectivity index (χ0v) is 11.2. The fraction of sp³-hybridized carbons (Fsp3) is 0.105. The van der Waals surface area contributed by atoms with Gasteiger partial charge in [-0.05, 0) is 40.8 Å². The van der Waals surface area contributed by atoms with Gasteiger partial charge in [-0.1, -0.05) is 54.6 Å². The smallest absolute Gasteiger partial charge is 0.0714 e. The van der Waals surface area contributed by atoms with Crippen LogP contribution in [-0.2, 0) is 6.42 Å². The summed E-state index contributed by atoms with van der Waals surface area (Å²) in [6, 6.07) is 17.1. The molecule has 0 spiro atoms. The number of pyridine rings is 1. The van der Waals surface area contributed by atoms with E-state index in [4.69, 9.17) is 0 Å². The van der Waals surface area contributed by atoms with Gasteiger partial charge in [-0.3, -0.25) is 4.98 Å². The Morgan fingerprint density at radius 3 is 2.85 bits per heavy atom. The molecule has 1 nitrogen and oxygen atoms in total. The minimum absolute atomic E-state index is 1.06. The quantitative estimate of drug-likeness (QED) is 0.606. The third-order valence-corrected chi connectivity index (χ3v) is 3.97. The number of hydrogen-bond donors (Lipinski definition) is 0. The first-order valence-electron chi connectivity index (χ1n) is 7.05. The molecule has 0 radical (unpaired) electrons. The largest absolute Gasteiger partial charge is 0.256 e. The summed E-state index contributed by atoms with van der Waals surface area (Å²) in [6.45, 7) is 0. The Balaban J connectivity index is 1.94. The van der Waals surface area contributed by atoms with Crippen molar-refractivity contribution in [2.75, 3.05) is 0 Å². The Morgan fingerprint density at radius 1 is 0.950 bits per heavy atom. The Hall–Kier alpha value is -2.41. The van der Waals surface area contributed by atoms with Crippen molar-refractivity contribution in [3.63, 3.8) is 0 Å². The maximum absolute atomic E-state index is 4.68. The number of hydrogen-bond acceptors (Lipinski definition) is 1. The van der Waals surface area contributed by atoms with E-state index in [1.165, 1.54) is 27.5 Å². The Morgan fingerprint density at radius 2 is 1.85 bits per heavy atom. The summed E-state index contributed by atoms with van der Waals surface area (Å²) in [5, 5.41) is 2.53. The molecule has 0 atom stereocenters. The summed E-state index contributed by atoms with van der Waals surface area (Å²) >= 11 is 0. The molecule has 0 bridgehead atoms. The molecule has 1 aliphatic rings. The molecule has 20 heavy (non-hydrogen) atoms. The predicted octanol–water partition coefficient (Wildman–Crippen LogP) is 4.86. The van der Waals surface area contributed by atoms with Crippen LogP contribution < -0.4 is 0 Å². The lowest BCUT2D eigenvalue weighted by atomic mass is 9.96. The summed E-state index contributed by atoms with van der Waals surface area (Å²) in [5.74, 6) is 0. The highest BCUT2D eigenvalue weighted by atomic mass is 14.7. The predicted molar refractivity (Wildman–Crippen MR) is 84.5 cm³/mol. The van der Waals surface area contributed by atoms with E-state index in [1.807, 2.05) is 6.20 Å². The first-order chi connectivity index (χ1) is 9.92. The van der Waals surface area contributed by atoms with Gasteiger partial charge in [-0.15, -0.1) is 0 Å². The molecule has 4 rings (SSSR count). The van der Waals surface area contributed by atoms with E-state index in [9.17, 15) is 0 Å². The molecule has 96 valence electrons. The minimum atomic E-state index is 1.06. The second kappa shape index (κ2) is 4.61. The fourth-order valence-electron chi connectivity index (χ4n) is 2.91. The Bertz CT molecular complexity index is 810. The number of allylic oxidation sites excluding steroid dienone is 1. The van der Waals surface area contributed by atoms with Crippen molar-refractivity contribution in [3.05, 3.63) is 71.9 Å². The first-order valence-corrected chi connectivity index (χ1v) is 7.05. The van der Waals surface area contributed by atoms with Gasteiger partial charge >= 0.3 is 0 Å². The van der Waals surface area contributed by atoms with E-state index >= 15 is 0 Å². The molecule has 1 heteroatoms. The van der Waals surface area contributed by atoms with Crippen LogP contribution in [0.25, 0.3) is 28.1 Å². The van der Waals surface area contributed by atoms with Gasteiger partial charge in [0.25, 0.3) is 0 Å². The van der Waals surface area contributed by atoms with Gasteiger partial charge in [0.2, 0.25) is 0 Å². The molecule has 0 saturated heterocycles. The lowest BCUT2D eigenvalue weighted by molar-refractivity contribution is 0.972. The van der Waals surface area contributed by atoms with Crippen LogP contribution in [0.2, 0.25) is 0 Å². The maximum atomic E-state index is 4.68. The second-order valence-electron chi connectivity index (χ2n) is 5.24. The molecule has 2 aromatic carbocycles. The Labute approximate surface area is 118 Å². The number of benzene rings is 2. The average molecular weight is 257 g/mol. The van der Waals surface area contributed by atoms with Gasteiger partial charge in [0.15, 0.2) is 0 Å². The van der Waals surface area contributed by atoms with Crippen molar-refractivity contribution in [2.45, 2.75) is 12.8 Å².